The van der Waals surface area contributed by atoms with Crippen molar-refractivity contribution in [3.63, 3.8) is 0 Å². The van der Waals surface area contributed by atoms with Crippen molar-refractivity contribution >= 4 is 6.09 Å². The summed E-state index contributed by atoms with van der Waals surface area (Å²) < 4.78 is 15.7. The second kappa shape index (κ2) is 7.65. The molecule has 24 heavy (non-hydrogen) atoms. The third-order valence-electron chi connectivity index (χ3n) is 3.68. The van der Waals surface area contributed by atoms with Gasteiger partial charge in [-0.15, -0.1) is 0 Å². The minimum absolute atomic E-state index is 0.133. The lowest BCUT2D eigenvalue weighted by atomic mass is 9.87. The van der Waals surface area contributed by atoms with E-state index < -0.39 is 5.60 Å². The highest BCUT2D eigenvalue weighted by Gasteiger charge is 2.31. The minimum Gasteiger partial charge on any atom is -0.481 e. The third-order valence-corrected chi connectivity index (χ3v) is 3.68. The van der Waals surface area contributed by atoms with Crippen molar-refractivity contribution in [2.45, 2.75) is 57.8 Å². The van der Waals surface area contributed by atoms with Crippen LogP contribution < -0.4 is 20.1 Å². The van der Waals surface area contributed by atoms with Crippen LogP contribution in [0.3, 0.4) is 0 Å². The molecule has 1 aliphatic rings. The number of alkyl carbamates (subject to hydrolysis) is 1. The normalized spacial score (nSPS) is 20.0. The van der Waals surface area contributed by atoms with Crippen LogP contribution in [0, 0.1) is 0 Å². The number of rotatable bonds is 6. The van der Waals surface area contributed by atoms with Crippen molar-refractivity contribution < 1.29 is 19.0 Å². The Labute approximate surface area is 142 Å². The summed E-state index contributed by atoms with van der Waals surface area (Å²) in [7, 11) is 3.13. The highest BCUT2D eigenvalue weighted by Crippen LogP contribution is 2.26. The molecular formula is C16H26N4O4. The van der Waals surface area contributed by atoms with E-state index in [0.717, 1.165) is 18.4 Å². The van der Waals surface area contributed by atoms with Crippen LogP contribution in [0.1, 0.15) is 39.2 Å². The lowest BCUT2D eigenvalue weighted by Gasteiger charge is -2.36. The number of hydrogen-bond donors (Lipinski definition) is 2. The summed E-state index contributed by atoms with van der Waals surface area (Å²) in [5.74, 6) is 0.995. The second-order valence-electron chi connectivity index (χ2n) is 6.76. The molecule has 1 amide bonds. The summed E-state index contributed by atoms with van der Waals surface area (Å²) in [5, 5.41) is 6.28. The summed E-state index contributed by atoms with van der Waals surface area (Å²) in [6, 6.07) is 0.438. The number of amides is 1. The first-order valence-electron chi connectivity index (χ1n) is 7.97. The van der Waals surface area contributed by atoms with Gasteiger partial charge in [0.15, 0.2) is 0 Å². The third kappa shape index (κ3) is 4.95. The average molecular weight is 338 g/mol. The van der Waals surface area contributed by atoms with Crippen LogP contribution in [0.4, 0.5) is 4.79 Å². The summed E-state index contributed by atoms with van der Waals surface area (Å²) in [6.45, 7) is 6.08. The maximum absolute atomic E-state index is 11.7. The standard InChI is InChI=1S/C16H26N4O4/c1-16(2,3)24-15(21)20-11-6-10(7-11)17-8-12-13(22-4)18-9-19-14(12)23-5/h9-11,17H,6-8H2,1-5H3,(H,20,21). The molecule has 1 aromatic heterocycles. The van der Waals surface area contributed by atoms with Gasteiger partial charge in [0, 0.05) is 18.6 Å². The summed E-state index contributed by atoms with van der Waals surface area (Å²) in [5.41, 5.74) is 0.303. The van der Waals surface area contributed by atoms with Crippen LogP contribution in [0.25, 0.3) is 0 Å². The van der Waals surface area contributed by atoms with Gasteiger partial charge in [0.25, 0.3) is 0 Å². The number of carbonyl (C=O) groups excluding carboxylic acids is 1. The molecule has 0 saturated heterocycles. The number of nitrogens with one attached hydrogen (secondary N) is 2. The molecule has 8 nitrogen and oxygen atoms in total. The van der Waals surface area contributed by atoms with Gasteiger partial charge in [0.05, 0.1) is 19.8 Å². The molecule has 2 rings (SSSR count). The monoisotopic (exact) mass is 338 g/mol. The first kappa shape index (κ1) is 18.3. The summed E-state index contributed by atoms with van der Waals surface area (Å²) in [4.78, 5) is 19.9. The van der Waals surface area contributed by atoms with Crippen molar-refractivity contribution in [3.8, 4) is 11.8 Å². The van der Waals surface area contributed by atoms with Gasteiger partial charge in [-0.25, -0.2) is 14.8 Å². The number of carbonyl (C=O) groups is 1. The lowest BCUT2D eigenvalue weighted by molar-refractivity contribution is 0.0465. The Balaban J connectivity index is 1.78. The van der Waals surface area contributed by atoms with Crippen molar-refractivity contribution in [1.29, 1.82) is 0 Å². The van der Waals surface area contributed by atoms with E-state index in [9.17, 15) is 4.79 Å². The number of methoxy groups -OCH3 is 2. The van der Waals surface area contributed by atoms with Crippen LogP contribution in [0.5, 0.6) is 11.8 Å². The molecule has 0 radical (unpaired) electrons. The first-order chi connectivity index (χ1) is 11.3. The van der Waals surface area contributed by atoms with Crippen LogP contribution in [-0.2, 0) is 11.3 Å². The molecular weight excluding hydrogens is 312 g/mol. The van der Waals surface area contributed by atoms with Gasteiger partial charge in [-0.2, -0.15) is 0 Å². The maximum atomic E-state index is 11.7. The minimum atomic E-state index is -0.480. The number of ether oxygens (including phenoxy) is 3. The predicted octanol–water partition coefficient (Wildman–Crippen LogP) is 1.64. The van der Waals surface area contributed by atoms with Crippen LogP contribution in [0.15, 0.2) is 6.33 Å². The molecule has 1 heterocycles. The molecule has 8 heteroatoms. The molecule has 1 aromatic rings. The molecule has 134 valence electrons. The molecule has 0 unspecified atom stereocenters. The van der Waals surface area contributed by atoms with Gasteiger partial charge >= 0.3 is 6.09 Å². The molecule has 0 spiro atoms. The average Bonchev–Trinajstić information content (AvgIpc) is 2.47. The first-order valence-corrected chi connectivity index (χ1v) is 7.97. The van der Waals surface area contributed by atoms with Gasteiger partial charge in [-0.3, -0.25) is 0 Å². The van der Waals surface area contributed by atoms with Crippen molar-refractivity contribution in [3.05, 3.63) is 11.9 Å². The van der Waals surface area contributed by atoms with Gasteiger partial charge in [-0.1, -0.05) is 0 Å². The Morgan fingerprint density at radius 2 is 1.75 bits per heavy atom. The number of aromatic nitrogens is 2. The van der Waals surface area contributed by atoms with E-state index in [4.69, 9.17) is 14.2 Å². The Bertz CT molecular complexity index is 545. The fourth-order valence-corrected chi connectivity index (χ4v) is 2.51. The Morgan fingerprint density at radius 1 is 1.17 bits per heavy atom. The Hall–Kier alpha value is -2.09. The SMILES string of the molecule is COc1ncnc(OC)c1CNC1CC(NC(=O)OC(C)(C)C)C1. The zero-order chi connectivity index (χ0) is 17.7. The second-order valence-corrected chi connectivity index (χ2v) is 6.76. The quantitative estimate of drug-likeness (QED) is 0.814. The molecule has 0 aliphatic heterocycles. The van der Waals surface area contributed by atoms with E-state index in [2.05, 4.69) is 20.6 Å². The van der Waals surface area contributed by atoms with E-state index in [1.807, 2.05) is 20.8 Å². The fourth-order valence-electron chi connectivity index (χ4n) is 2.51. The van der Waals surface area contributed by atoms with Gasteiger partial charge in [0.1, 0.15) is 11.9 Å². The zero-order valence-electron chi connectivity index (χ0n) is 14.9. The number of nitrogens with zero attached hydrogens (tertiary/aromatic N) is 2. The molecule has 0 atom stereocenters. The predicted molar refractivity (Wildman–Crippen MR) is 88.2 cm³/mol. The number of hydrogen-bond acceptors (Lipinski definition) is 7. The summed E-state index contributed by atoms with van der Waals surface area (Å²) >= 11 is 0. The van der Waals surface area contributed by atoms with Crippen LogP contribution >= 0.6 is 0 Å². The molecule has 0 bridgehead atoms. The molecule has 1 fully saturated rings. The maximum Gasteiger partial charge on any atom is 0.407 e. The van der Waals surface area contributed by atoms with Crippen LogP contribution in [-0.4, -0.2) is 48.0 Å². The van der Waals surface area contributed by atoms with Crippen molar-refractivity contribution in [2.24, 2.45) is 0 Å². The molecule has 2 N–H and O–H groups in total. The fraction of sp³-hybridized carbons (Fsp3) is 0.688. The molecule has 1 saturated carbocycles. The summed E-state index contributed by atoms with van der Waals surface area (Å²) in [6.07, 6.45) is 2.73. The van der Waals surface area contributed by atoms with Crippen molar-refractivity contribution in [1.82, 2.24) is 20.6 Å². The Kier molecular flexibility index (Phi) is 5.82. The molecule has 0 aromatic carbocycles. The Morgan fingerprint density at radius 3 is 2.25 bits per heavy atom. The van der Waals surface area contributed by atoms with E-state index in [1.54, 1.807) is 14.2 Å². The van der Waals surface area contributed by atoms with E-state index in [0.29, 0.717) is 24.3 Å². The lowest BCUT2D eigenvalue weighted by Crippen LogP contribution is -2.53. The van der Waals surface area contributed by atoms with E-state index in [-0.39, 0.29) is 12.1 Å². The van der Waals surface area contributed by atoms with Gasteiger partial charge < -0.3 is 24.8 Å². The highest BCUT2D eigenvalue weighted by atomic mass is 16.6. The van der Waals surface area contributed by atoms with Crippen molar-refractivity contribution in [2.75, 3.05) is 14.2 Å². The smallest absolute Gasteiger partial charge is 0.407 e. The topological polar surface area (TPSA) is 94.6 Å². The van der Waals surface area contributed by atoms with Crippen LogP contribution in [0.2, 0.25) is 0 Å². The van der Waals surface area contributed by atoms with Gasteiger partial charge in [-0.05, 0) is 33.6 Å². The highest BCUT2D eigenvalue weighted by molar-refractivity contribution is 5.68. The van der Waals surface area contributed by atoms with E-state index in [1.165, 1.54) is 6.33 Å². The zero-order valence-corrected chi connectivity index (χ0v) is 14.9. The van der Waals surface area contributed by atoms with Gasteiger partial charge in [0.2, 0.25) is 11.8 Å². The largest absolute Gasteiger partial charge is 0.481 e. The van der Waals surface area contributed by atoms with E-state index >= 15 is 0 Å². The molecule has 1 aliphatic carbocycles.